The molecule has 0 spiro atoms. The van der Waals surface area contributed by atoms with E-state index in [2.05, 4.69) is 13.8 Å². The Labute approximate surface area is 283 Å². The molecular formula is C36H67NO10. The van der Waals surface area contributed by atoms with Gasteiger partial charge in [0.1, 0.15) is 23.9 Å². The molecule has 3 N–H and O–H groups in total. The van der Waals surface area contributed by atoms with Crippen LogP contribution in [0.2, 0.25) is 0 Å². The quantitative estimate of drug-likeness (QED) is 0.349. The van der Waals surface area contributed by atoms with Gasteiger partial charge in [0.2, 0.25) is 0 Å². The number of ether oxygens (including phenoxy) is 6. The van der Waals surface area contributed by atoms with Crippen LogP contribution in [-0.4, -0.2) is 119 Å². The maximum atomic E-state index is 14.1. The van der Waals surface area contributed by atoms with Gasteiger partial charge in [-0.1, -0.05) is 27.7 Å². The normalized spacial score (nSPS) is 48.7. The number of methoxy groups -OCH3 is 1. The fourth-order valence-corrected chi connectivity index (χ4v) is 8.11. The molecule has 3 saturated heterocycles. The molecule has 11 nitrogen and oxygen atoms in total. The van der Waals surface area contributed by atoms with Crippen molar-refractivity contribution in [1.82, 2.24) is 4.90 Å². The van der Waals surface area contributed by atoms with Crippen LogP contribution in [0.15, 0.2) is 0 Å². The Balaban J connectivity index is 2.08. The zero-order valence-corrected chi connectivity index (χ0v) is 31.2. The lowest BCUT2D eigenvalue weighted by Crippen LogP contribution is -2.59. The standard InChI is InChI=1S/C36H67NO10/c1-13-28-36(10,41)32(39)26(8)37(11)19-20(2)16-21(3)30(47-34-27(38)15-14-22(4)44-34)24(6)31(25(7)33(40)45-28)46-29-18-35(9,42-12)17-23(5)43-29/h20-32,34,38-39,41H,13-19H2,1-12H3/t20-,21+,22-,23+,24-,25-,26-,27-,28-,29+,30+,31+,32-,34+,35+,36-/m1/s1. The summed E-state index contributed by atoms with van der Waals surface area (Å²) in [6.45, 7) is 20.0. The molecule has 0 aromatic rings. The third-order valence-corrected chi connectivity index (χ3v) is 11.2. The summed E-state index contributed by atoms with van der Waals surface area (Å²) >= 11 is 0. The van der Waals surface area contributed by atoms with Gasteiger partial charge in [-0.3, -0.25) is 4.79 Å². The Morgan fingerprint density at radius 1 is 0.936 bits per heavy atom. The lowest BCUT2D eigenvalue weighted by Gasteiger charge is -2.45. The molecule has 0 aliphatic carbocycles. The summed E-state index contributed by atoms with van der Waals surface area (Å²) in [5, 5.41) is 34.0. The topological polar surface area (TPSA) is 136 Å². The van der Waals surface area contributed by atoms with Gasteiger partial charge in [0.05, 0.1) is 35.9 Å². The Kier molecular flexibility index (Phi) is 14.6. The van der Waals surface area contributed by atoms with E-state index in [4.69, 9.17) is 28.4 Å². The van der Waals surface area contributed by atoms with Crippen LogP contribution in [-0.2, 0) is 33.2 Å². The average molecular weight is 674 g/mol. The van der Waals surface area contributed by atoms with Gasteiger partial charge >= 0.3 is 5.97 Å². The van der Waals surface area contributed by atoms with Crippen molar-refractivity contribution >= 4 is 5.97 Å². The number of esters is 1. The molecule has 0 radical (unpaired) electrons. The van der Waals surface area contributed by atoms with Crippen LogP contribution < -0.4 is 0 Å². The highest BCUT2D eigenvalue weighted by Crippen LogP contribution is 2.38. The van der Waals surface area contributed by atoms with E-state index in [1.807, 2.05) is 53.5 Å². The molecule has 276 valence electrons. The van der Waals surface area contributed by atoms with E-state index in [0.717, 1.165) is 12.8 Å². The summed E-state index contributed by atoms with van der Waals surface area (Å²) in [4.78, 5) is 16.1. The van der Waals surface area contributed by atoms with E-state index in [9.17, 15) is 20.1 Å². The molecule has 3 heterocycles. The van der Waals surface area contributed by atoms with Gasteiger partial charge in [0.15, 0.2) is 12.6 Å². The van der Waals surface area contributed by atoms with Gasteiger partial charge in [-0.2, -0.15) is 0 Å². The van der Waals surface area contributed by atoms with Gasteiger partial charge in [-0.05, 0) is 86.1 Å². The lowest BCUT2D eigenvalue weighted by molar-refractivity contribution is -0.290. The monoisotopic (exact) mass is 673 g/mol. The number of aliphatic hydroxyl groups excluding tert-OH is 2. The number of hydrogen-bond acceptors (Lipinski definition) is 11. The van der Waals surface area contributed by atoms with Crippen LogP contribution >= 0.6 is 0 Å². The number of carbonyl (C=O) groups excluding carboxylic acids is 1. The minimum Gasteiger partial charge on any atom is -0.459 e. The molecule has 0 amide bonds. The molecule has 0 unspecified atom stereocenters. The number of aliphatic hydroxyl groups is 3. The zero-order valence-electron chi connectivity index (χ0n) is 31.2. The number of nitrogens with zero attached hydrogens (tertiary/aromatic N) is 1. The second kappa shape index (κ2) is 16.9. The smallest absolute Gasteiger partial charge is 0.311 e. The summed E-state index contributed by atoms with van der Waals surface area (Å²) in [5.41, 5.74) is -2.16. The molecule has 47 heavy (non-hydrogen) atoms. The van der Waals surface area contributed by atoms with Crippen molar-refractivity contribution in [3.05, 3.63) is 0 Å². The number of carbonyl (C=O) groups is 1. The summed E-state index contributed by atoms with van der Waals surface area (Å²) < 4.78 is 37.9. The maximum Gasteiger partial charge on any atom is 0.311 e. The first-order valence-electron chi connectivity index (χ1n) is 18.0. The number of rotatable bonds is 6. The first-order chi connectivity index (χ1) is 21.8. The van der Waals surface area contributed by atoms with Crippen LogP contribution in [0.5, 0.6) is 0 Å². The van der Waals surface area contributed by atoms with Crippen LogP contribution in [0.4, 0.5) is 0 Å². The lowest BCUT2D eigenvalue weighted by atomic mass is 9.80. The van der Waals surface area contributed by atoms with Crippen LogP contribution in [0.3, 0.4) is 0 Å². The van der Waals surface area contributed by atoms with E-state index in [1.54, 1.807) is 14.0 Å². The number of likely N-dealkylation sites (N-methyl/N-ethyl adjacent to an activating group) is 1. The minimum atomic E-state index is -1.70. The first-order valence-corrected chi connectivity index (χ1v) is 18.0. The van der Waals surface area contributed by atoms with Crippen LogP contribution in [0.1, 0.15) is 108 Å². The van der Waals surface area contributed by atoms with Crippen molar-refractivity contribution in [2.45, 2.75) is 180 Å². The van der Waals surface area contributed by atoms with Gasteiger partial charge in [0.25, 0.3) is 0 Å². The SMILES string of the molecule is CC[C@H]1OC(=O)[C@H](C)[C@@H](O[C@H]2C[C@@](C)(OC)C[C@H](C)O2)[C@H](C)[C@@H](O[C@@H]2O[C@H](C)CC[C@H]2O)[C@@H](C)C[C@@H](C)CN(C)[C@H](C)[C@@H](O)[C@]1(C)O. The summed E-state index contributed by atoms with van der Waals surface area (Å²) in [6, 6.07) is -0.409. The van der Waals surface area contributed by atoms with Crippen molar-refractivity contribution in [3.63, 3.8) is 0 Å². The molecular weight excluding hydrogens is 606 g/mol. The zero-order chi connectivity index (χ0) is 35.4. The van der Waals surface area contributed by atoms with Gasteiger partial charge < -0.3 is 48.6 Å². The number of hydrogen-bond donors (Lipinski definition) is 3. The van der Waals surface area contributed by atoms with Crippen molar-refractivity contribution in [2.24, 2.45) is 23.7 Å². The molecule has 0 aromatic carbocycles. The molecule has 0 saturated carbocycles. The third kappa shape index (κ3) is 10.1. The van der Waals surface area contributed by atoms with E-state index in [-0.39, 0.29) is 30.0 Å². The summed E-state index contributed by atoms with van der Waals surface area (Å²) in [5.74, 6) is -1.54. The predicted octanol–water partition coefficient (Wildman–Crippen LogP) is 4.27. The molecule has 3 aliphatic heterocycles. The second-order valence-corrected chi connectivity index (χ2v) is 15.8. The molecule has 0 aromatic heterocycles. The van der Waals surface area contributed by atoms with Crippen molar-refractivity contribution in [3.8, 4) is 0 Å². The van der Waals surface area contributed by atoms with Crippen LogP contribution in [0, 0.1) is 23.7 Å². The Hall–Kier alpha value is -0.890. The molecule has 0 bridgehead atoms. The third-order valence-electron chi connectivity index (χ3n) is 11.2. The number of cyclic esters (lactones) is 1. The fourth-order valence-electron chi connectivity index (χ4n) is 8.11. The van der Waals surface area contributed by atoms with Crippen molar-refractivity contribution in [1.29, 1.82) is 0 Å². The van der Waals surface area contributed by atoms with E-state index < -0.39 is 72.2 Å². The Morgan fingerprint density at radius 3 is 2.21 bits per heavy atom. The highest BCUT2D eigenvalue weighted by molar-refractivity contribution is 5.73. The van der Waals surface area contributed by atoms with Gasteiger partial charge in [0, 0.05) is 38.5 Å². The predicted molar refractivity (Wildman–Crippen MR) is 178 cm³/mol. The second-order valence-electron chi connectivity index (χ2n) is 15.8. The molecule has 16 atom stereocenters. The van der Waals surface area contributed by atoms with Gasteiger partial charge in [-0.15, -0.1) is 0 Å². The Bertz CT molecular complexity index is 983. The van der Waals surface area contributed by atoms with Gasteiger partial charge in [-0.25, -0.2) is 0 Å². The average Bonchev–Trinajstić information content (AvgIpc) is 3.00. The molecule has 3 aliphatic rings. The molecule has 3 rings (SSSR count). The maximum absolute atomic E-state index is 14.1. The summed E-state index contributed by atoms with van der Waals surface area (Å²) in [6.07, 6.45) is -2.15. The fraction of sp³-hybridized carbons (Fsp3) is 0.972. The van der Waals surface area contributed by atoms with E-state index in [1.165, 1.54) is 6.92 Å². The highest BCUT2D eigenvalue weighted by atomic mass is 16.7. The highest BCUT2D eigenvalue weighted by Gasteiger charge is 2.48. The van der Waals surface area contributed by atoms with E-state index in [0.29, 0.717) is 32.2 Å². The largest absolute Gasteiger partial charge is 0.459 e. The first kappa shape index (κ1) is 40.5. The van der Waals surface area contributed by atoms with Crippen molar-refractivity contribution < 1.29 is 48.5 Å². The molecule has 3 fully saturated rings. The Morgan fingerprint density at radius 2 is 1.60 bits per heavy atom. The summed E-state index contributed by atoms with van der Waals surface area (Å²) in [7, 11) is 3.62. The van der Waals surface area contributed by atoms with E-state index >= 15 is 0 Å². The van der Waals surface area contributed by atoms with Crippen molar-refractivity contribution in [2.75, 3.05) is 20.7 Å². The molecule has 11 heteroatoms. The minimum absolute atomic E-state index is 0.0250. The van der Waals surface area contributed by atoms with Crippen LogP contribution in [0.25, 0.3) is 0 Å².